The van der Waals surface area contributed by atoms with Gasteiger partial charge in [0.15, 0.2) is 0 Å². The summed E-state index contributed by atoms with van der Waals surface area (Å²) < 4.78 is 0. The SMILES string of the molecule is O=[N+]([O-])c1ccc(B(/C(=C\c2ccccn2)c2ccc([N+](=O)[O-])cc2)c2ccc([N+](=O)[O-])cc2)cc1. The molecule has 0 spiro atoms. The number of pyridine rings is 1. The van der Waals surface area contributed by atoms with Crippen LogP contribution in [0, 0.1) is 30.3 Å². The van der Waals surface area contributed by atoms with E-state index in [4.69, 9.17) is 0 Å². The fraction of sp³-hybridized carbons (Fsp3) is 0. The Bertz CT molecular complexity index is 1380. The summed E-state index contributed by atoms with van der Waals surface area (Å²) in [5.41, 5.74) is 3.14. The fourth-order valence-electron chi connectivity index (χ4n) is 3.86. The molecule has 0 atom stereocenters. The van der Waals surface area contributed by atoms with Gasteiger partial charge in [0.05, 0.1) is 20.5 Å². The van der Waals surface area contributed by atoms with Crippen LogP contribution in [0.4, 0.5) is 17.1 Å². The fourth-order valence-corrected chi connectivity index (χ4v) is 3.86. The van der Waals surface area contributed by atoms with Gasteiger partial charge in [0.1, 0.15) is 0 Å². The first-order valence-corrected chi connectivity index (χ1v) is 10.7. The summed E-state index contributed by atoms with van der Waals surface area (Å²) in [4.78, 5) is 36.5. The lowest BCUT2D eigenvalue weighted by Gasteiger charge is -2.19. The van der Waals surface area contributed by atoms with Crippen LogP contribution in [0.25, 0.3) is 11.5 Å². The summed E-state index contributed by atoms with van der Waals surface area (Å²) in [5, 5.41) is 33.6. The summed E-state index contributed by atoms with van der Waals surface area (Å²) >= 11 is 0. The van der Waals surface area contributed by atoms with Gasteiger partial charge in [-0.3, -0.25) is 35.3 Å². The molecule has 1 aromatic heterocycles. The number of nitrogens with zero attached hydrogens (tertiary/aromatic N) is 4. The largest absolute Gasteiger partial charge is 0.269 e. The second kappa shape index (κ2) is 10.4. The third-order valence-electron chi connectivity index (χ3n) is 5.59. The molecule has 176 valence electrons. The van der Waals surface area contributed by atoms with Gasteiger partial charge in [0, 0.05) is 42.6 Å². The van der Waals surface area contributed by atoms with Gasteiger partial charge in [0.2, 0.25) is 6.71 Å². The molecule has 0 amide bonds. The van der Waals surface area contributed by atoms with Crippen LogP contribution in [0.15, 0.2) is 97.2 Å². The van der Waals surface area contributed by atoms with Crippen molar-refractivity contribution in [2.24, 2.45) is 0 Å². The van der Waals surface area contributed by atoms with Crippen molar-refractivity contribution >= 4 is 46.2 Å². The maximum absolute atomic E-state index is 11.2. The van der Waals surface area contributed by atoms with Crippen LogP contribution in [0.1, 0.15) is 11.3 Å². The first-order valence-electron chi connectivity index (χ1n) is 10.7. The van der Waals surface area contributed by atoms with Gasteiger partial charge in [-0.15, -0.1) is 0 Å². The van der Waals surface area contributed by atoms with Gasteiger partial charge in [-0.1, -0.05) is 46.7 Å². The van der Waals surface area contributed by atoms with Crippen LogP contribution in [-0.4, -0.2) is 26.5 Å². The quantitative estimate of drug-likeness (QED) is 0.209. The van der Waals surface area contributed by atoms with Crippen LogP contribution in [0.3, 0.4) is 0 Å². The highest BCUT2D eigenvalue weighted by Crippen LogP contribution is 2.24. The first-order chi connectivity index (χ1) is 17.3. The Kier molecular flexibility index (Phi) is 6.91. The second-order valence-corrected chi connectivity index (χ2v) is 7.79. The van der Waals surface area contributed by atoms with E-state index >= 15 is 0 Å². The number of rotatable bonds is 8. The summed E-state index contributed by atoms with van der Waals surface area (Å²) in [6.45, 7) is -0.518. The van der Waals surface area contributed by atoms with Gasteiger partial charge >= 0.3 is 0 Å². The molecule has 0 radical (unpaired) electrons. The maximum atomic E-state index is 11.2. The Hall–Kier alpha value is -5.19. The van der Waals surface area contributed by atoms with Crippen molar-refractivity contribution in [1.29, 1.82) is 0 Å². The lowest BCUT2D eigenvalue weighted by atomic mass is 9.35. The number of nitro groups is 3. The Morgan fingerprint density at radius 2 is 1.08 bits per heavy atom. The van der Waals surface area contributed by atoms with Crippen molar-refractivity contribution in [1.82, 2.24) is 4.98 Å². The second-order valence-electron chi connectivity index (χ2n) is 7.79. The van der Waals surface area contributed by atoms with E-state index in [9.17, 15) is 30.3 Å². The molecule has 0 bridgehead atoms. The molecule has 0 fully saturated rings. The minimum absolute atomic E-state index is 0.0712. The van der Waals surface area contributed by atoms with Crippen LogP contribution < -0.4 is 10.9 Å². The highest BCUT2D eigenvalue weighted by molar-refractivity contribution is 7.00. The third-order valence-corrected chi connectivity index (χ3v) is 5.59. The number of benzene rings is 3. The lowest BCUT2D eigenvalue weighted by molar-refractivity contribution is -0.385. The molecular weight excluding hydrogens is 463 g/mol. The van der Waals surface area contributed by atoms with Gasteiger partial charge in [-0.25, -0.2) is 0 Å². The summed E-state index contributed by atoms with van der Waals surface area (Å²) in [6, 6.07) is 23.5. The van der Waals surface area contributed by atoms with Crippen molar-refractivity contribution in [2.75, 3.05) is 0 Å². The number of aromatic nitrogens is 1. The third kappa shape index (κ3) is 5.31. The molecule has 4 aromatic rings. The molecule has 0 aliphatic heterocycles. The smallest absolute Gasteiger partial charge is 0.258 e. The molecule has 10 nitrogen and oxygen atoms in total. The zero-order chi connectivity index (χ0) is 25.7. The Morgan fingerprint density at radius 3 is 1.47 bits per heavy atom. The van der Waals surface area contributed by atoms with Crippen molar-refractivity contribution < 1.29 is 14.8 Å². The molecule has 0 unspecified atom stereocenters. The normalized spacial score (nSPS) is 11.1. The highest BCUT2D eigenvalue weighted by Gasteiger charge is 2.27. The van der Waals surface area contributed by atoms with Crippen LogP contribution in [-0.2, 0) is 0 Å². The highest BCUT2D eigenvalue weighted by atomic mass is 16.6. The van der Waals surface area contributed by atoms with E-state index in [1.807, 2.05) is 12.1 Å². The van der Waals surface area contributed by atoms with Crippen LogP contribution >= 0.6 is 0 Å². The molecule has 1 heterocycles. The average molecular weight is 480 g/mol. The van der Waals surface area contributed by atoms with Gasteiger partial charge in [0.25, 0.3) is 17.1 Å². The number of hydrogen-bond donors (Lipinski definition) is 0. The Morgan fingerprint density at radius 1 is 0.639 bits per heavy atom. The Labute approximate surface area is 205 Å². The summed E-state index contributed by atoms with van der Waals surface area (Å²) in [5.74, 6) is 0. The van der Waals surface area contributed by atoms with E-state index in [2.05, 4.69) is 4.98 Å². The predicted octanol–water partition coefficient (Wildman–Crippen LogP) is 4.20. The van der Waals surface area contributed by atoms with Crippen molar-refractivity contribution in [3.8, 4) is 0 Å². The number of hydrogen-bond acceptors (Lipinski definition) is 7. The molecule has 11 heteroatoms. The Balaban J connectivity index is 1.93. The molecular formula is C25H17BN4O6. The van der Waals surface area contributed by atoms with Crippen molar-refractivity contribution in [3.05, 3.63) is 139 Å². The summed E-state index contributed by atoms with van der Waals surface area (Å²) in [7, 11) is 0. The monoisotopic (exact) mass is 480 g/mol. The number of nitro benzene ring substituents is 3. The van der Waals surface area contributed by atoms with E-state index in [0.717, 1.165) is 0 Å². The van der Waals surface area contributed by atoms with Crippen LogP contribution in [0.5, 0.6) is 0 Å². The molecule has 36 heavy (non-hydrogen) atoms. The topological polar surface area (TPSA) is 142 Å². The molecule has 0 saturated carbocycles. The van der Waals surface area contributed by atoms with E-state index in [1.165, 1.54) is 36.4 Å². The first kappa shape index (κ1) is 24.0. The molecule has 0 saturated heterocycles. The number of non-ortho nitro benzene ring substituents is 3. The maximum Gasteiger partial charge on any atom is 0.269 e. The van der Waals surface area contributed by atoms with E-state index in [-0.39, 0.29) is 17.1 Å². The molecule has 0 aliphatic rings. The van der Waals surface area contributed by atoms with Crippen molar-refractivity contribution in [2.45, 2.75) is 0 Å². The van der Waals surface area contributed by atoms with Gasteiger partial charge in [-0.05, 0) is 35.9 Å². The van der Waals surface area contributed by atoms with E-state index in [1.54, 1.807) is 54.7 Å². The molecule has 4 rings (SSSR count). The summed E-state index contributed by atoms with van der Waals surface area (Å²) in [6.07, 6.45) is 3.46. The van der Waals surface area contributed by atoms with E-state index < -0.39 is 21.5 Å². The van der Waals surface area contributed by atoms with Gasteiger partial charge in [-0.2, -0.15) is 0 Å². The predicted molar refractivity (Wildman–Crippen MR) is 136 cm³/mol. The average Bonchev–Trinajstić information content (AvgIpc) is 2.89. The van der Waals surface area contributed by atoms with Crippen molar-refractivity contribution in [3.63, 3.8) is 0 Å². The molecule has 0 N–H and O–H groups in total. The van der Waals surface area contributed by atoms with Crippen LogP contribution in [0.2, 0.25) is 0 Å². The van der Waals surface area contributed by atoms with Gasteiger partial charge < -0.3 is 0 Å². The minimum Gasteiger partial charge on any atom is -0.258 e. The lowest BCUT2D eigenvalue weighted by Crippen LogP contribution is -2.43. The molecule has 0 aliphatic carbocycles. The standard InChI is InChI=1S/C25H17BN4O6/c31-28(32)22-10-4-18(5-11-22)25(17-21-3-1-2-16-27-21)26(19-6-12-23(13-7-19)29(33)34)20-8-14-24(15-9-20)30(35)36/h1-17H/b25-17-. The zero-order valence-electron chi connectivity index (χ0n) is 18.6. The zero-order valence-corrected chi connectivity index (χ0v) is 18.6. The molecule has 3 aromatic carbocycles. The minimum atomic E-state index is -0.518. The van der Waals surface area contributed by atoms with E-state index in [0.29, 0.717) is 27.7 Å².